The molecule has 0 aromatic rings. The summed E-state index contributed by atoms with van der Waals surface area (Å²) in [4.78, 5) is 0. The molecule has 0 heterocycles. The first-order valence-electron chi connectivity index (χ1n) is 4.20. The number of nitrogens with one attached hydrogen (secondary N) is 1. The average molecular weight is 173 g/mol. The van der Waals surface area contributed by atoms with Crippen molar-refractivity contribution in [2.45, 2.75) is 20.3 Å². The van der Waals surface area contributed by atoms with Crippen LogP contribution < -0.4 is 5.32 Å². The molecule has 0 bridgehead atoms. The minimum absolute atomic E-state index is 0.969. The molecule has 66 valence electrons. The molecule has 0 atom stereocenters. The summed E-state index contributed by atoms with van der Waals surface area (Å²) in [6, 6.07) is 0. The van der Waals surface area contributed by atoms with Crippen molar-refractivity contribution in [3.63, 3.8) is 0 Å². The predicted molar refractivity (Wildman–Crippen MR) is 55.3 cm³/mol. The third-order valence-electron chi connectivity index (χ3n) is 1.27. The third-order valence-corrected chi connectivity index (χ3v) is 2.26. The zero-order valence-corrected chi connectivity index (χ0v) is 8.47. The van der Waals surface area contributed by atoms with Crippen molar-refractivity contribution in [1.82, 2.24) is 5.32 Å². The van der Waals surface area contributed by atoms with E-state index in [4.69, 9.17) is 0 Å². The van der Waals surface area contributed by atoms with Gasteiger partial charge in [0.2, 0.25) is 0 Å². The van der Waals surface area contributed by atoms with Gasteiger partial charge in [-0.2, -0.15) is 11.8 Å². The van der Waals surface area contributed by atoms with E-state index in [1.165, 1.54) is 23.5 Å². The van der Waals surface area contributed by atoms with Crippen LogP contribution in [-0.2, 0) is 0 Å². The lowest BCUT2D eigenvalue weighted by Crippen LogP contribution is -2.17. The maximum atomic E-state index is 3.82. The van der Waals surface area contributed by atoms with Gasteiger partial charge in [0.1, 0.15) is 0 Å². The molecule has 0 aromatic heterocycles. The van der Waals surface area contributed by atoms with Crippen molar-refractivity contribution in [1.29, 1.82) is 0 Å². The zero-order valence-electron chi connectivity index (χ0n) is 7.65. The maximum absolute atomic E-state index is 3.82. The summed E-state index contributed by atoms with van der Waals surface area (Å²) in [5.41, 5.74) is 1.22. The van der Waals surface area contributed by atoms with E-state index in [9.17, 15) is 0 Å². The Labute approximate surface area is 74.6 Å². The minimum atomic E-state index is 0.969. The molecule has 0 aliphatic rings. The van der Waals surface area contributed by atoms with Gasteiger partial charge in [-0.25, -0.2) is 0 Å². The zero-order chi connectivity index (χ0) is 8.53. The fraction of sp³-hybridized carbons (Fsp3) is 0.778. The van der Waals surface area contributed by atoms with Gasteiger partial charge in [-0.15, -0.1) is 0 Å². The molecule has 0 aromatic carbocycles. The van der Waals surface area contributed by atoms with Crippen LogP contribution in [0.3, 0.4) is 0 Å². The Hall–Kier alpha value is 0.0500. The lowest BCUT2D eigenvalue weighted by Gasteiger charge is -2.02. The Bertz CT molecular complexity index is 102. The summed E-state index contributed by atoms with van der Waals surface area (Å²) in [6.45, 7) is 10.2. The van der Waals surface area contributed by atoms with Crippen LogP contribution in [0.25, 0.3) is 0 Å². The van der Waals surface area contributed by atoms with Gasteiger partial charge in [-0.3, -0.25) is 0 Å². The van der Waals surface area contributed by atoms with E-state index in [0.717, 1.165) is 13.1 Å². The number of thioether (sulfide) groups is 1. The fourth-order valence-electron chi connectivity index (χ4n) is 0.745. The minimum Gasteiger partial charge on any atom is -0.313 e. The summed E-state index contributed by atoms with van der Waals surface area (Å²) >= 11 is 2.00. The van der Waals surface area contributed by atoms with Gasteiger partial charge in [-0.05, 0) is 31.4 Å². The number of rotatable bonds is 7. The van der Waals surface area contributed by atoms with E-state index >= 15 is 0 Å². The molecule has 0 amide bonds. The molecule has 0 fully saturated rings. The van der Waals surface area contributed by atoms with Crippen LogP contribution in [0.15, 0.2) is 12.2 Å². The van der Waals surface area contributed by atoms with Crippen molar-refractivity contribution in [2.24, 2.45) is 0 Å². The Morgan fingerprint density at radius 1 is 1.55 bits per heavy atom. The number of hydrogen-bond acceptors (Lipinski definition) is 2. The summed E-state index contributed by atoms with van der Waals surface area (Å²) in [5.74, 6) is 2.51. The second-order valence-electron chi connectivity index (χ2n) is 2.68. The highest BCUT2D eigenvalue weighted by atomic mass is 32.2. The van der Waals surface area contributed by atoms with Crippen LogP contribution in [0.5, 0.6) is 0 Å². The Morgan fingerprint density at radius 3 is 2.82 bits per heavy atom. The fourth-order valence-corrected chi connectivity index (χ4v) is 1.38. The molecule has 0 saturated carbocycles. The molecule has 0 spiro atoms. The molecule has 0 rings (SSSR count). The van der Waals surface area contributed by atoms with Gasteiger partial charge in [0, 0.05) is 6.54 Å². The lowest BCUT2D eigenvalue weighted by atomic mass is 10.3. The molecule has 0 saturated heterocycles. The van der Waals surface area contributed by atoms with Gasteiger partial charge in [0.05, 0.1) is 0 Å². The second-order valence-corrected chi connectivity index (χ2v) is 4.08. The molecule has 0 aliphatic heterocycles. The largest absolute Gasteiger partial charge is 0.313 e. The Morgan fingerprint density at radius 2 is 2.27 bits per heavy atom. The molecule has 1 nitrogen and oxygen atoms in total. The highest BCUT2D eigenvalue weighted by Gasteiger charge is 1.87. The van der Waals surface area contributed by atoms with E-state index in [-0.39, 0.29) is 0 Å². The van der Waals surface area contributed by atoms with Crippen LogP contribution in [0.1, 0.15) is 20.3 Å². The van der Waals surface area contributed by atoms with E-state index in [1.807, 2.05) is 18.7 Å². The highest BCUT2D eigenvalue weighted by Crippen LogP contribution is 1.99. The van der Waals surface area contributed by atoms with Crippen LogP contribution in [0.2, 0.25) is 0 Å². The van der Waals surface area contributed by atoms with Crippen molar-refractivity contribution < 1.29 is 0 Å². The summed E-state index contributed by atoms with van der Waals surface area (Å²) in [6.07, 6.45) is 1.27. The average Bonchev–Trinajstić information content (AvgIpc) is 1.96. The molecule has 11 heavy (non-hydrogen) atoms. The quantitative estimate of drug-likeness (QED) is 0.468. The van der Waals surface area contributed by atoms with Gasteiger partial charge in [-0.1, -0.05) is 19.1 Å². The molecule has 0 unspecified atom stereocenters. The summed E-state index contributed by atoms with van der Waals surface area (Å²) in [7, 11) is 0. The van der Waals surface area contributed by atoms with Gasteiger partial charge in [0.25, 0.3) is 0 Å². The van der Waals surface area contributed by atoms with Crippen LogP contribution in [0, 0.1) is 0 Å². The molecule has 1 N–H and O–H groups in total. The summed E-state index contributed by atoms with van der Waals surface area (Å²) < 4.78 is 0. The number of hydrogen-bond donors (Lipinski definition) is 1. The third kappa shape index (κ3) is 10.1. The molecule has 0 aliphatic carbocycles. The van der Waals surface area contributed by atoms with Gasteiger partial charge < -0.3 is 5.32 Å². The van der Waals surface area contributed by atoms with Crippen LogP contribution in [0.4, 0.5) is 0 Å². The molecule has 2 heteroatoms. The van der Waals surface area contributed by atoms with Gasteiger partial charge >= 0.3 is 0 Å². The van der Waals surface area contributed by atoms with Crippen LogP contribution in [-0.4, -0.2) is 24.6 Å². The van der Waals surface area contributed by atoms with Crippen molar-refractivity contribution in [3.05, 3.63) is 12.2 Å². The molecular formula is C9H19NS. The van der Waals surface area contributed by atoms with Crippen molar-refractivity contribution >= 4 is 11.8 Å². The van der Waals surface area contributed by atoms with E-state index in [1.54, 1.807) is 0 Å². The first-order chi connectivity index (χ1) is 5.27. The SMILES string of the molecule is C=C(C)CNCCCSCC. The highest BCUT2D eigenvalue weighted by molar-refractivity contribution is 7.99. The smallest absolute Gasteiger partial charge is 0.0159 e. The molecule has 0 radical (unpaired) electrons. The Kier molecular flexibility index (Phi) is 8.19. The topological polar surface area (TPSA) is 12.0 Å². The van der Waals surface area contributed by atoms with Crippen LogP contribution >= 0.6 is 11.8 Å². The molecular weight excluding hydrogens is 154 g/mol. The van der Waals surface area contributed by atoms with E-state index in [0.29, 0.717) is 0 Å². The maximum Gasteiger partial charge on any atom is 0.0159 e. The second kappa shape index (κ2) is 8.15. The standard InChI is InChI=1S/C9H19NS/c1-4-11-7-5-6-10-8-9(2)3/h10H,2,4-8H2,1,3H3. The first kappa shape index (κ1) is 11.1. The normalized spacial score (nSPS) is 10.0. The monoisotopic (exact) mass is 173 g/mol. The van der Waals surface area contributed by atoms with Crippen molar-refractivity contribution in [3.8, 4) is 0 Å². The first-order valence-corrected chi connectivity index (χ1v) is 5.35. The van der Waals surface area contributed by atoms with Crippen molar-refractivity contribution in [2.75, 3.05) is 24.6 Å². The van der Waals surface area contributed by atoms with E-state index in [2.05, 4.69) is 18.8 Å². The Balaban J connectivity index is 2.85. The summed E-state index contributed by atoms with van der Waals surface area (Å²) in [5, 5.41) is 3.33. The van der Waals surface area contributed by atoms with E-state index < -0.39 is 0 Å². The lowest BCUT2D eigenvalue weighted by molar-refractivity contribution is 0.719. The van der Waals surface area contributed by atoms with Gasteiger partial charge in [0.15, 0.2) is 0 Å². The predicted octanol–water partition coefficient (Wildman–Crippen LogP) is 2.30.